The molecule has 5 rings (SSSR count). The third-order valence-corrected chi connectivity index (χ3v) is 7.89. The van der Waals surface area contributed by atoms with Crippen LogP contribution in [0.2, 0.25) is 0 Å². The van der Waals surface area contributed by atoms with Gasteiger partial charge in [-0.1, -0.05) is 30.3 Å². The number of amides is 1. The molecule has 1 aliphatic rings. The van der Waals surface area contributed by atoms with E-state index >= 15 is 0 Å². The largest absolute Gasteiger partial charge is 0.322 e. The number of pyridine rings is 2. The Bertz CT molecular complexity index is 1590. The van der Waals surface area contributed by atoms with Gasteiger partial charge in [0.1, 0.15) is 4.90 Å². The van der Waals surface area contributed by atoms with Gasteiger partial charge in [0.15, 0.2) is 0 Å². The maximum atomic E-state index is 13.6. The Labute approximate surface area is 219 Å². The van der Waals surface area contributed by atoms with Gasteiger partial charge in [-0.25, -0.2) is 21.9 Å². The van der Waals surface area contributed by atoms with Crippen LogP contribution < -0.4 is 10.0 Å². The summed E-state index contributed by atoms with van der Waals surface area (Å²) in [5.41, 5.74) is 3.58. The Hall–Kier alpha value is -4.02. The van der Waals surface area contributed by atoms with E-state index in [4.69, 9.17) is 0 Å². The molecule has 2 N–H and O–H groups in total. The minimum atomic E-state index is -3.70. The first-order valence-corrected chi connectivity index (χ1v) is 13.4. The molecule has 0 bridgehead atoms. The van der Waals surface area contributed by atoms with Crippen LogP contribution in [0.1, 0.15) is 34.0 Å². The number of nitrogens with zero attached hydrogens (tertiary/aromatic N) is 2. The summed E-state index contributed by atoms with van der Waals surface area (Å²) < 4.78 is 55.3. The van der Waals surface area contributed by atoms with Crippen LogP contribution in [0.4, 0.5) is 14.5 Å². The molecule has 2 heterocycles. The molecule has 2 aromatic heterocycles. The zero-order valence-corrected chi connectivity index (χ0v) is 21.2. The lowest BCUT2D eigenvalue weighted by Gasteiger charge is -2.13. The van der Waals surface area contributed by atoms with E-state index in [1.54, 1.807) is 24.3 Å². The van der Waals surface area contributed by atoms with Crippen molar-refractivity contribution in [3.8, 4) is 11.3 Å². The van der Waals surface area contributed by atoms with Crippen molar-refractivity contribution < 1.29 is 22.0 Å². The molecule has 10 heteroatoms. The number of halogens is 2. The lowest BCUT2D eigenvalue weighted by Crippen LogP contribution is -2.35. The summed E-state index contributed by atoms with van der Waals surface area (Å²) in [5, 5.41) is 2.88. The van der Waals surface area contributed by atoms with Crippen LogP contribution in [0, 0.1) is 0 Å². The number of aromatic nitrogens is 2. The van der Waals surface area contributed by atoms with Gasteiger partial charge in [-0.3, -0.25) is 14.8 Å². The van der Waals surface area contributed by atoms with Crippen molar-refractivity contribution in [1.29, 1.82) is 0 Å². The number of fused-ring (bicyclic) bond motifs is 1. The van der Waals surface area contributed by atoms with Gasteiger partial charge in [-0.15, -0.1) is 0 Å². The number of benzene rings is 2. The lowest BCUT2D eigenvalue weighted by molar-refractivity contribution is 0.0175. The van der Waals surface area contributed by atoms with Crippen molar-refractivity contribution in [3.63, 3.8) is 0 Å². The van der Waals surface area contributed by atoms with Crippen molar-refractivity contribution in [2.24, 2.45) is 0 Å². The van der Waals surface area contributed by atoms with Crippen LogP contribution in [-0.4, -0.2) is 30.3 Å². The number of hydrogen-bond acceptors (Lipinski definition) is 5. The number of carbonyl (C=O) groups is 1. The summed E-state index contributed by atoms with van der Waals surface area (Å²) in [4.78, 5) is 21.5. The number of nitrogens with one attached hydrogen (secondary N) is 2. The highest BCUT2D eigenvalue weighted by molar-refractivity contribution is 7.89. The third kappa shape index (κ3) is 5.46. The molecule has 0 saturated heterocycles. The van der Waals surface area contributed by atoms with Crippen molar-refractivity contribution in [2.45, 2.75) is 36.6 Å². The maximum Gasteiger partial charge on any atom is 0.270 e. The number of carbonyl (C=O) groups excluding carboxylic acids is 1. The second-order valence-electron chi connectivity index (χ2n) is 9.22. The van der Waals surface area contributed by atoms with Gasteiger partial charge in [-0.2, -0.15) is 0 Å². The van der Waals surface area contributed by atoms with Crippen molar-refractivity contribution in [1.82, 2.24) is 14.7 Å². The van der Waals surface area contributed by atoms with Crippen LogP contribution in [0.25, 0.3) is 11.3 Å². The minimum Gasteiger partial charge on any atom is -0.322 e. The van der Waals surface area contributed by atoms with E-state index in [1.165, 1.54) is 48.9 Å². The standard InChI is InChI=1S/C28H24F2N4O3S/c1-28(29,30)21-9-6-18(7-10-21)26-25(5-3-13-32-26)27(35)33-22-11-8-19-14-23(16-20(19)15-22)34-38(36,37)24-4-2-12-31-17-24/h2-13,15,17,23,34H,14,16H2,1H3,(H,33,35). The van der Waals surface area contributed by atoms with Crippen LogP contribution in [0.3, 0.4) is 0 Å². The zero-order valence-electron chi connectivity index (χ0n) is 20.4. The van der Waals surface area contributed by atoms with Crippen molar-refractivity contribution in [3.05, 3.63) is 108 Å². The third-order valence-electron chi connectivity index (χ3n) is 6.38. The quantitative estimate of drug-likeness (QED) is 0.349. The molecule has 7 nitrogen and oxygen atoms in total. The normalized spacial score (nSPS) is 15.2. The van der Waals surface area contributed by atoms with E-state index in [-0.39, 0.29) is 16.5 Å². The predicted molar refractivity (Wildman–Crippen MR) is 139 cm³/mol. The summed E-state index contributed by atoms with van der Waals surface area (Å²) >= 11 is 0. The van der Waals surface area contributed by atoms with Gasteiger partial charge >= 0.3 is 0 Å². The first-order valence-electron chi connectivity index (χ1n) is 11.9. The molecular formula is C28H24F2N4O3S. The highest BCUT2D eigenvalue weighted by atomic mass is 32.2. The summed E-state index contributed by atoms with van der Waals surface area (Å²) in [7, 11) is -3.70. The fourth-order valence-electron chi connectivity index (χ4n) is 4.51. The SMILES string of the molecule is CC(F)(F)c1ccc(-c2ncccc2C(=O)Nc2ccc3c(c2)CC(NS(=O)(=O)c2cccnc2)C3)cc1. The number of rotatable bonds is 7. The first kappa shape index (κ1) is 25.6. The van der Waals surface area contributed by atoms with Crippen molar-refractivity contribution in [2.75, 3.05) is 5.32 Å². The molecule has 0 fully saturated rings. The van der Waals surface area contributed by atoms with Gasteiger partial charge in [-0.05, 0) is 60.4 Å². The molecule has 38 heavy (non-hydrogen) atoms. The zero-order chi connectivity index (χ0) is 26.9. The van der Waals surface area contributed by atoms with E-state index in [0.29, 0.717) is 35.3 Å². The average molecular weight is 535 g/mol. The van der Waals surface area contributed by atoms with Crippen LogP contribution in [-0.2, 0) is 28.8 Å². The minimum absolute atomic E-state index is 0.106. The molecule has 1 unspecified atom stereocenters. The van der Waals surface area contributed by atoms with Gasteiger partial charge in [0, 0.05) is 48.4 Å². The van der Waals surface area contributed by atoms with Gasteiger partial charge in [0.2, 0.25) is 10.0 Å². The predicted octanol–water partition coefficient (Wildman–Crippen LogP) is 4.95. The number of alkyl halides is 2. The molecule has 0 saturated carbocycles. The molecule has 1 amide bonds. The highest BCUT2D eigenvalue weighted by Crippen LogP contribution is 2.30. The molecule has 1 aliphatic carbocycles. The van der Waals surface area contributed by atoms with Crippen LogP contribution >= 0.6 is 0 Å². The van der Waals surface area contributed by atoms with E-state index in [9.17, 15) is 22.0 Å². The summed E-state index contributed by atoms with van der Waals surface area (Å²) in [5.74, 6) is -3.36. The molecule has 194 valence electrons. The fourth-order valence-corrected chi connectivity index (χ4v) is 5.71. The Kier molecular flexibility index (Phi) is 6.77. The molecular weight excluding hydrogens is 510 g/mol. The van der Waals surface area contributed by atoms with E-state index in [0.717, 1.165) is 18.1 Å². The summed E-state index contributed by atoms with van der Waals surface area (Å²) in [6, 6.07) is 17.2. The second kappa shape index (κ2) is 10.0. The molecule has 1 atom stereocenters. The molecule has 4 aromatic rings. The molecule has 0 radical (unpaired) electrons. The highest BCUT2D eigenvalue weighted by Gasteiger charge is 2.27. The molecule has 2 aromatic carbocycles. The fraction of sp³-hybridized carbons (Fsp3) is 0.179. The van der Waals surface area contributed by atoms with E-state index in [1.807, 2.05) is 12.1 Å². The Morgan fingerprint density at radius 1 is 0.974 bits per heavy atom. The topological polar surface area (TPSA) is 101 Å². The second-order valence-corrected chi connectivity index (χ2v) is 10.9. The number of anilines is 1. The van der Waals surface area contributed by atoms with Gasteiger partial charge in [0.05, 0.1) is 11.3 Å². The van der Waals surface area contributed by atoms with Crippen LogP contribution in [0.5, 0.6) is 0 Å². The lowest BCUT2D eigenvalue weighted by atomic mass is 10.0. The Morgan fingerprint density at radius 3 is 2.42 bits per heavy atom. The monoisotopic (exact) mass is 534 g/mol. The summed E-state index contributed by atoms with van der Waals surface area (Å²) in [6.45, 7) is 0.830. The Balaban J connectivity index is 1.31. The first-order chi connectivity index (χ1) is 18.1. The molecule has 0 aliphatic heterocycles. The van der Waals surface area contributed by atoms with E-state index in [2.05, 4.69) is 20.0 Å². The van der Waals surface area contributed by atoms with E-state index < -0.39 is 21.9 Å². The Morgan fingerprint density at radius 2 is 1.71 bits per heavy atom. The summed E-state index contributed by atoms with van der Waals surface area (Å²) in [6.07, 6.45) is 5.36. The van der Waals surface area contributed by atoms with Gasteiger partial charge < -0.3 is 5.32 Å². The number of sulfonamides is 1. The average Bonchev–Trinajstić information content (AvgIpc) is 3.29. The van der Waals surface area contributed by atoms with Gasteiger partial charge in [0.25, 0.3) is 11.8 Å². The molecule has 0 spiro atoms. The van der Waals surface area contributed by atoms with Crippen molar-refractivity contribution >= 4 is 21.6 Å². The van der Waals surface area contributed by atoms with Crippen LogP contribution in [0.15, 0.2) is 90.2 Å². The smallest absolute Gasteiger partial charge is 0.270 e. The number of hydrogen-bond donors (Lipinski definition) is 2. The maximum absolute atomic E-state index is 13.6.